The maximum absolute atomic E-state index is 4.38. The average molecular weight is 206 g/mol. The fourth-order valence-electron chi connectivity index (χ4n) is 0. The minimum atomic E-state index is -0.603. The molecule has 0 saturated carbocycles. The molecule has 0 aromatic carbocycles. The molecule has 0 unspecified atom stereocenters. The van der Waals surface area contributed by atoms with Gasteiger partial charge in [-0.05, 0) is 0 Å². The second kappa shape index (κ2) is 8.97. The van der Waals surface area contributed by atoms with Crippen LogP contribution in [0.4, 0.5) is 0 Å². The van der Waals surface area contributed by atoms with Crippen molar-refractivity contribution in [3.05, 3.63) is 0 Å². The molecular formula is NaS2Sn. The van der Waals surface area contributed by atoms with E-state index in [9.17, 15) is 0 Å². The van der Waals surface area contributed by atoms with Gasteiger partial charge in [0.05, 0.1) is 0 Å². The summed E-state index contributed by atoms with van der Waals surface area (Å²) in [5.41, 5.74) is 0. The monoisotopic (exact) mass is 207 g/mol. The van der Waals surface area contributed by atoms with Crippen molar-refractivity contribution >= 4 is 65.4 Å². The van der Waals surface area contributed by atoms with Gasteiger partial charge in [-0.15, -0.1) is 0 Å². The van der Waals surface area contributed by atoms with Crippen molar-refractivity contribution in [3.8, 4) is 0 Å². The summed E-state index contributed by atoms with van der Waals surface area (Å²) >= 11 is -0.603. The Morgan fingerprint density at radius 1 is 1.25 bits per heavy atom. The zero-order valence-corrected chi connectivity index (χ0v) is 8.80. The van der Waals surface area contributed by atoms with Gasteiger partial charge in [0, 0.05) is 29.6 Å². The van der Waals surface area contributed by atoms with Gasteiger partial charge in [0.1, 0.15) is 0 Å². The molecule has 0 aliphatic rings. The van der Waals surface area contributed by atoms with Gasteiger partial charge < -0.3 is 0 Å². The van der Waals surface area contributed by atoms with Gasteiger partial charge in [-0.3, -0.25) is 0 Å². The van der Waals surface area contributed by atoms with Crippen LogP contribution >= 0.6 is 18.6 Å². The normalized spacial score (nSPS) is 2.00. The average Bonchev–Trinajstić information content (AvgIpc) is 0.918. The first-order valence-electron chi connectivity index (χ1n) is 0.408. The number of rotatable bonds is 0. The van der Waals surface area contributed by atoms with E-state index >= 15 is 0 Å². The molecule has 0 heterocycles. The van der Waals surface area contributed by atoms with E-state index in [-0.39, 0.29) is 29.6 Å². The van der Waals surface area contributed by atoms with Crippen LogP contribution in [0.3, 0.4) is 0 Å². The maximum atomic E-state index is 4.38. The van der Waals surface area contributed by atoms with Gasteiger partial charge in [-0.2, -0.15) is 0 Å². The molecule has 0 aliphatic heterocycles. The van der Waals surface area contributed by atoms with Crippen LogP contribution in [-0.2, 0) is 0 Å². The van der Waals surface area contributed by atoms with Crippen LogP contribution in [0.15, 0.2) is 0 Å². The summed E-state index contributed by atoms with van der Waals surface area (Å²) in [6.07, 6.45) is 0. The molecule has 0 bridgehead atoms. The van der Waals surface area contributed by atoms with Crippen LogP contribution in [0, 0.1) is 0 Å². The molecule has 0 fully saturated rings. The van der Waals surface area contributed by atoms with E-state index in [1.165, 1.54) is 0 Å². The summed E-state index contributed by atoms with van der Waals surface area (Å²) in [6.45, 7) is 0. The molecule has 0 aromatic heterocycles. The quantitative estimate of drug-likeness (QED) is 0.530. The molecule has 0 saturated heterocycles. The van der Waals surface area contributed by atoms with E-state index in [1.807, 2.05) is 0 Å². The summed E-state index contributed by atoms with van der Waals surface area (Å²) in [7, 11) is 8.76. The van der Waals surface area contributed by atoms with Crippen molar-refractivity contribution in [3.63, 3.8) is 0 Å². The summed E-state index contributed by atoms with van der Waals surface area (Å²) in [5, 5.41) is 0. The third kappa shape index (κ3) is 8.87. The summed E-state index contributed by atoms with van der Waals surface area (Å²) in [4.78, 5) is 0. The molecule has 0 aromatic rings. The first kappa shape index (κ1) is 9.53. The van der Waals surface area contributed by atoms with Crippen molar-refractivity contribution in [2.75, 3.05) is 0 Å². The molecule has 4 heavy (non-hydrogen) atoms. The Labute approximate surface area is 64.2 Å². The van der Waals surface area contributed by atoms with Crippen LogP contribution in [0.25, 0.3) is 0 Å². The molecule has 4 heteroatoms. The summed E-state index contributed by atoms with van der Waals surface area (Å²) in [5.74, 6) is 0. The van der Waals surface area contributed by atoms with Gasteiger partial charge in [0.25, 0.3) is 0 Å². The third-order valence-electron chi connectivity index (χ3n) is 0. The zero-order chi connectivity index (χ0) is 2.71. The second-order valence-electron chi connectivity index (χ2n) is 0.0833. The van der Waals surface area contributed by atoms with E-state index < -0.39 is 17.3 Å². The summed E-state index contributed by atoms with van der Waals surface area (Å²) < 4.78 is 0. The van der Waals surface area contributed by atoms with E-state index in [4.69, 9.17) is 0 Å². The molecule has 0 rings (SSSR count). The van der Waals surface area contributed by atoms with Crippen molar-refractivity contribution < 1.29 is 0 Å². The molecule has 0 aliphatic carbocycles. The molecule has 0 spiro atoms. The molecule has 0 amide bonds. The Morgan fingerprint density at radius 2 is 1.25 bits per heavy atom. The fourth-order valence-corrected chi connectivity index (χ4v) is 0. The van der Waals surface area contributed by atoms with E-state index in [1.54, 1.807) is 0 Å². The molecule has 1 radical (unpaired) electrons. The number of hydrogen-bond acceptors (Lipinski definition) is 2. The molecular weight excluding hydrogens is 206 g/mol. The van der Waals surface area contributed by atoms with E-state index in [0.717, 1.165) is 0 Å². The Balaban J connectivity index is 0. The van der Waals surface area contributed by atoms with Crippen molar-refractivity contribution in [1.29, 1.82) is 0 Å². The second-order valence-corrected chi connectivity index (χ2v) is 5.03. The third-order valence-corrected chi connectivity index (χ3v) is 0. The van der Waals surface area contributed by atoms with Crippen LogP contribution in [0.5, 0.6) is 0 Å². The first-order valence-corrected chi connectivity index (χ1v) is 8.22. The van der Waals surface area contributed by atoms with Crippen molar-refractivity contribution in [2.24, 2.45) is 0 Å². The Bertz CT molecular complexity index is 27.0. The molecule has 0 N–H and O–H groups in total. The van der Waals surface area contributed by atoms with Gasteiger partial charge >= 0.3 is 35.8 Å². The topological polar surface area (TPSA) is 0 Å². The van der Waals surface area contributed by atoms with Crippen LogP contribution in [-0.4, -0.2) is 46.8 Å². The van der Waals surface area contributed by atoms with Crippen LogP contribution < -0.4 is 0 Å². The Kier molecular flexibility index (Phi) is 21.4. The van der Waals surface area contributed by atoms with Crippen LogP contribution in [0.1, 0.15) is 0 Å². The molecule has 17 valence electrons. The predicted octanol–water partition coefficient (Wildman–Crippen LogP) is 0.535. The van der Waals surface area contributed by atoms with Crippen LogP contribution in [0.2, 0.25) is 0 Å². The van der Waals surface area contributed by atoms with Crippen molar-refractivity contribution in [1.82, 2.24) is 0 Å². The fraction of sp³-hybridized carbons (Fsp3) is 0. The van der Waals surface area contributed by atoms with Gasteiger partial charge in [0.2, 0.25) is 0 Å². The Hall–Kier alpha value is 2.24. The van der Waals surface area contributed by atoms with Gasteiger partial charge in [-0.25, -0.2) is 0 Å². The van der Waals surface area contributed by atoms with E-state index in [0.29, 0.717) is 0 Å². The molecule has 0 nitrogen and oxygen atoms in total. The number of hydrogen-bond donors (Lipinski definition) is 0. The summed E-state index contributed by atoms with van der Waals surface area (Å²) in [6, 6.07) is 0. The standard InChI is InChI=1S/Na.2S.Sn. The first-order chi connectivity index (χ1) is 1.41. The van der Waals surface area contributed by atoms with Crippen molar-refractivity contribution in [2.45, 2.75) is 0 Å². The minimum absolute atomic E-state index is 0. The Morgan fingerprint density at radius 3 is 1.25 bits per heavy atom. The predicted molar refractivity (Wildman–Crippen MR) is 26.7 cm³/mol. The SMILES string of the molecule is [Na].[S]=[Sn]=[S]. The molecule has 0 atom stereocenters. The van der Waals surface area contributed by atoms with E-state index in [2.05, 4.69) is 18.6 Å². The zero-order valence-electron chi connectivity index (χ0n) is 2.32. The van der Waals surface area contributed by atoms with Gasteiger partial charge in [-0.1, -0.05) is 0 Å². The van der Waals surface area contributed by atoms with Gasteiger partial charge in [0.15, 0.2) is 0 Å².